The molecule has 0 bridgehead atoms. The highest BCUT2D eigenvalue weighted by Crippen LogP contribution is 2.08. The van der Waals surface area contributed by atoms with Gasteiger partial charge in [-0.2, -0.15) is 0 Å². The van der Waals surface area contributed by atoms with E-state index in [2.05, 4.69) is 72.4 Å². The summed E-state index contributed by atoms with van der Waals surface area (Å²) in [6.07, 6.45) is 1.82. The van der Waals surface area contributed by atoms with Gasteiger partial charge in [0.25, 0.3) is 0 Å². The molecular weight excluding hydrogens is 248 g/mol. The van der Waals surface area contributed by atoms with E-state index in [0.29, 0.717) is 13.1 Å². The summed E-state index contributed by atoms with van der Waals surface area (Å²) in [4.78, 5) is 6.74. The molecular formula is C16H26N4. The second-order valence-electron chi connectivity index (χ2n) is 4.92. The maximum absolute atomic E-state index is 4.57. The summed E-state index contributed by atoms with van der Waals surface area (Å²) >= 11 is 0. The van der Waals surface area contributed by atoms with E-state index in [1.54, 1.807) is 0 Å². The molecule has 0 saturated carbocycles. The van der Waals surface area contributed by atoms with Crippen LogP contribution in [0.4, 0.5) is 0 Å². The van der Waals surface area contributed by atoms with Crippen LogP contribution in [-0.4, -0.2) is 38.0 Å². The molecule has 0 aliphatic heterocycles. The molecule has 0 unspecified atom stereocenters. The van der Waals surface area contributed by atoms with Crippen molar-refractivity contribution in [2.75, 3.05) is 27.2 Å². The highest BCUT2D eigenvalue weighted by atomic mass is 15.2. The Balaban J connectivity index is 2.67. The summed E-state index contributed by atoms with van der Waals surface area (Å²) in [6, 6.07) is 8.56. The number of nitrogens with one attached hydrogen (secondary N) is 2. The molecule has 0 spiro atoms. The third-order valence-corrected chi connectivity index (χ3v) is 2.67. The first-order valence-electron chi connectivity index (χ1n) is 7.01. The van der Waals surface area contributed by atoms with Crippen LogP contribution in [0.5, 0.6) is 0 Å². The first-order chi connectivity index (χ1) is 9.65. The van der Waals surface area contributed by atoms with Crippen LogP contribution in [0.25, 0.3) is 0 Å². The summed E-state index contributed by atoms with van der Waals surface area (Å²) < 4.78 is 0. The van der Waals surface area contributed by atoms with Gasteiger partial charge in [0.2, 0.25) is 0 Å². The molecule has 1 aromatic rings. The van der Waals surface area contributed by atoms with Gasteiger partial charge >= 0.3 is 0 Å². The van der Waals surface area contributed by atoms with E-state index >= 15 is 0 Å². The molecule has 0 radical (unpaired) electrons. The van der Waals surface area contributed by atoms with Crippen molar-refractivity contribution >= 4 is 5.96 Å². The number of rotatable bonds is 7. The van der Waals surface area contributed by atoms with Crippen molar-refractivity contribution in [3.63, 3.8) is 0 Å². The maximum Gasteiger partial charge on any atom is 0.191 e. The first-order valence-corrected chi connectivity index (χ1v) is 7.01. The minimum atomic E-state index is 0.674. The van der Waals surface area contributed by atoms with Gasteiger partial charge in [-0.1, -0.05) is 30.3 Å². The lowest BCUT2D eigenvalue weighted by Crippen LogP contribution is -2.37. The van der Waals surface area contributed by atoms with Crippen LogP contribution in [0.15, 0.2) is 41.9 Å². The summed E-state index contributed by atoms with van der Waals surface area (Å²) in [5.41, 5.74) is 2.53. The van der Waals surface area contributed by atoms with Crippen molar-refractivity contribution in [1.29, 1.82) is 0 Å². The van der Waals surface area contributed by atoms with E-state index in [9.17, 15) is 0 Å². The van der Waals surface area contributed by atoms with E-state index < -0.39 is 0 Å². The standard InChI is InChI=1S/C16H26N4/c1-5-10-18-16(17-6-2)19-12-14-8-7-9-15(11-14)13-20(3)4/h5,7-9,11H,1,6,10,12-13H2,2-4H3,(H2,17,18,19). The molecule has 0 aliphatic carbocycles. The molecule has 20 heavy (non-hydrogen) atoms. The predicted octanol–water partition coefficient (Wildman–Crippen LogP) is 1.99. The zero-order valence-electron chi connectivity index (χ0n) is 12.8. The molecule has 110 valence electrons. The third-order valence-electron chi connectivity index (χ3n) is 2.67. The van der Waals surface area contributed by atoms with E-state index in [4.69, 9.17) is 0 Å². The minimum absolute atomic E-state index is 0.674. The lowest BCUT2D eigenvalue weighted by molar-refractivity contribution is 0.402. The van der Waals surface area contributed by atoms with Crippen LogP contribution < -0.4 is 10.6 Å². The lowest BCUT2D eigenvalue weighted by atomic mass is 10.1. The third kappa shape index (κ3) is 6.38. The van der Waals surface area contributed by atoms with Crippen molar-refractivity contribution in [2.45, 2.75) is 20.0 Å². The Hall–Kier alpha value is -1.81. The van der Waals surface area contributed by atoms with E-state index in [0.717, 1.165) is 19.0 Å². The number of hydrogen-bond donors (Lipinski definition) is 2. The fourth-order valence-corrected chi connectivity index (χ4v) is 1.87. The van der Waals surface area contributed by atoms with Gasteiger partial charge in [-0.05, 0) is 32.1 Å². The summed E-state index contributed by atoms with van der Waals surface area (Å²) in [6.45, 7) is 8.95. The molecule has 0 saturated heterocycles. The lowest BCUT2D eigenvalue weighted by Gasteiger charge is -2.11. The fraction of sp³-hybridized carbons (Fsp3) is 0.438. The Kier molecular flexibility index (Phi) is 7.43. The molecule has 0 aliphatic rings. The van der Waals surface area contributed by atoms with Gasteiger partial charge in [-0.15, -0.1) is 6.58 Å². The number of guanidine groups is 1. The molecule has 0 heterocycles. The molecule has 0 fully saturated rings. The highest BCUT2D eigenvalue weighted by molar-refractivity contribution is 5.79. The monoisotopic (exact) mass is 274 g/mol. The van der Waals surface area contributed by atoms with Crippen LogP contribution in [0.2, 0.25) is 0 Å². The minimum Gasteiger partial charge on any atom is -0.357 e. The summed E-state index contributed by atoms with van der Waals surface area (Å²) in [7, 11) is 4.15. The van der Waals surface area contributed by atoms with Crippen LogP contribution in [-0.2, 0) is 13.1 Å². The molecule has 4 nitrogen and oxygen atoms in total. The van der Waals surface area contributed by atoms with Crippen molar-refractivity contribution in [3.05, 3.63) is 48.0 Å². The largest absolute Gasteiger partial charge is 0.357 e. The number of nitrogens with zero attached hydrogens (tertiary/aromatic N) is 2. The second-order valence-corrected chi connectivity index (χ2v) is 4.92. The molecule has 4 heteroatoms. The van der Waals surface area contributed by atoms with Crippen LogP contribution in [0.1, 0.15) is 18.1 Å². The predicted molar refractivity (Wildman–Crippen MR) is 86.8 cm³/mol. The first kappa shape index (κ1) is 16.2. The molecule has 0 amide bonds. The van der Waals surface area contributed by atoms with Gasteiger partial charge in [-0.25, -0.2) is 4.99 Å². The quantitative estimate of drug-likeness (QED) is 0.454. The Bertz CT molecular complexity index is 438. The fourth-order valence-electron chi connectivity index (χ4n) is 1.87. The smallest absolute Gasteiger partial charge is 0.191 e. The molecule has 2 N–H and O–H groups in total. The average Bonchev–Trinajstić information content (AvgIpc) is 2.41. The average molecular weight is 274 g/mol. The summed E-state index contributed by atoms with van der Waals surface area (Å²) in [5, 5.41) is 6.42. The molecule has 1 rings (SSSR count). The SMILES string of the molecule is C=CCNC(=NCc1cccc(CN(C)C)c1)NCC. The van der Waals surface area contributed by atoms with E-state index in [1.807, 2.05) is 6.08 Å². The number of aliphatic imine (C=N–C) groups is 1. The van der Waals surface area contributed by atoms with Crippen molar-refractivity contribution < 1.29 is 0 Å². The Morgan fingerprint density at radius 2 is 2.05 bits per heavy atom. The Labute approximate surface area is 122 Å². The van der Waals surface area contributed by atoms with E-state index in [-0.39, 0.29) is 0 Å². The van der Waals surface area contributed by atoms with Gasteiger partial charge < -0.3 is 15.5 Å². The zero-order valence-corrected chi connectivity index (χ0v) is 12.8. The topological polar surface area (TPSA) is 39.7 Å². The molecule has 0 aromatic heterocycles. The van der Waals surface area contributed by atoms with Crippen molar-refractivity contribution in [2.24, 2.45) is 4.99 Å². The summed E-state index contributed by atoms with van der Waals surface area (Å²) in [5.74, 6) is 0.824. The number of hydrogen-bond acceptors (Lipinski definition) is 2. The van der Waals surface area contributed by atoms with Crippen molar-refractivity contribution in [3.8, 4) is 0 Å². The van der Waals surface area contributed by atoms with Crippen LogP contribution >= 0.6 is 0 Å². The normalized spacial score (nSPS) is 11.5. The second kappa shape index (κ2) is 9.15. The zero-order chi connectivity index (χ0) is 14.8. The van der Waals surface area contributed by atoms with Crippen LogP contribution in [0, 0.1) is 0 Å². The molecule has 1 aromatic carbocycles. The van der Waals surface area contributed by atoms with Gasteiger partial charge in [0.15, 0.2) is 5.96 Å². The van der Waals surface area contributed by atoms with Gasteiger partial charge in [-0.3, -0.25) is 0 Å². The Morgan fingerprint density at radius 3 is 2.70 bits per heavy atom. The van der Waals surface area contributed by atoms with Gasteiger partial charge in [0.1, 0.15) is 0 Å². The number of benzene rings is 1. The van der Waals surface area contributed by atoms with Crippen LogP contribution in [0.3, 0.4) is 0 Å². The molecule has 0 atom stereocenters. The Morgan fingerprint density at radius 1 is 1.30 bits per heavy atom. The van der Waals surface area contributed by atoms with Gasteiger partial charge in [0.05, 0.1) is 6.54 Å². The van der Waals surface area contributed by atoms with E-state index in [1.165, 1.54) is 11.1 Å². The van der Waals surface area contributed by atoms with Crippen molar-refractivity contribution in [1.82, 2.24) is 15.5 Å². The highest BCUT2D eigenvalue weighted by Gasteiger charge is 1.99. The maximum atomic E-state index is 4.57. The van der Waals surface area contributed by atoms with Gasteiger partial charge in [0, 0.05) is 19.6 Å².